The molecule has 0 aromatic carbocycles. The predicted octanol–water partition coefficient (Wildman–Crippen LogP) is 2.44. The van der Waals surface area contributed by atoms with Crippen molar-refractivity contribution in [2.45, 2.75) is 46.6 Å². The maximum Gasteiger partial charge on any atom is 0.0568 e. The summed E-state index contributed by atoms with van der Waals surface area (Å²) in [4.78, 5) is 0. The molecule has 0 bridgehead atoms. The minimum atomic E-state index is -0.0574. The van der Waals surface area contributed by atoms with E-state index in [2.05, 4.69) is 27.7 Å². The molecule has 1 aliphatic rings. The van der Waals surface area contributed by atoms with Gasteiger partial charge in [0.05, 0.1) is 6.10 Å². The first-order valence-corrected chi connectivity index (χ1v) is 4.61. The summed E-state index contributed by atoms with van der Waals surface area (Å²) in [6, 6.07) is 0. The van der Waals surface area contributed by atoms with Crippen LogP contribution in [0.15, 0.2) is 0 Å². The fourth-order valence-corrected chi connectivity index (χ4v) is 2.08. The van der Waals surface area contributed by atoms with Gasteiger partial charge in [0.15, 0.2) is 0 Å². The van der Waals surface area contributed by atoms with Crippen molar-refractivity contribution in [2.75, 3.05) is 0 Å². The normalized spacial score (nSPS) is 43.9. The van der Waals surface area contributed by atoms with Crippen LogP contribution in [0.3, 0.4) is 0 Å². The van der Waals surface area contributed by atoms with Crippen LogP contribution in [0.25, 0.3) is 0 Å². The third-order valence-electron chi connectivity index (χ3n) is 3.43. The molecule has 0 aromatic rings. The van der Waals surface area contributed by atoms with Crippen molar-refractivity contribution in [1.29, 1.82) is 0 Å². The molecule has 1 N–H and O–H groups in total. The Bertz CT molecular complexity index is 140. The van der Waals surface area contributed by atoms with Gasteiger partial charge in [-0.1, -0.05) is 27.7 Å². The molecular formula is C10H20O. The maximum atomic E-state index is 9.58. The second kappa shape index (κ2) is 2.78. The first-order valence-electron chi connectivity index (χ1n) is 4.61. The van der Waals surface area contributed by atoms with Crippen molar-refractivity contribution in [3.8, 4) is 0 Å². The molecule has 0 radical (unpaired) electrons. The van der Waals surface area contributed by atoms with E-state index in [4.69, 9.17) is 0 Å². The van der Waals surface area contributed by atoms with E-state index in [1.807, 2.05) is 0 Å². The molecule has 0 aliphatic heterocycles. The van der Waals surface area contributed by atoms with Gasteiger partial charge in [-0.2, -0.15) is 0 Å². The van der Waals surface area contributed by atoms with Crippen molar-refractivity contribution in [1.82, 2.24) is 0 Å². The van der Waals surface area contributed by atoms with Crippen molar-refractivity contribution in [2.24, 2.45) is 17.3 Å². The number of rotatable bonds is 0. The van der Waals surface area contributed by atoms with E-state index in [1.165, 1.54) is 0 Å². The van der Waals surface area contributed by atoms with Crippen LogP contribution in [0.1, 0.15) is 40.5 Å². The molecule has 0 spiro atoms. The highest BCUT2D eigenvalue weighted by molar-refractivity contribution is 4.87. The summed E-state index contributed by atoms with van der Waals surface area (Å²) in [7, 11) is 0. The summed E-state index contributed by atoms with van der Waals surface area (Å²) in [6.45, 7) is 9.01. The van der Waals surface area contributed by atoms with E-state index in [1.54, 1.807) is 0 Å². The zero-order chi connectivity index (χ0) is 8.65. The van der Waals surface area contributed by atoms with E-state index >= 15 is 0 Å². The summed E-state index contributed by atoms with van der Waals surface area (Å²) in [6.07, 6.45) is 2.08. The van der Waals surface area contributed by atoms with Gasteiger partial charge in [-0.05, 0) is 30.1 Å². The lowest BCUT2D eigenvalue weighted by molar-refractivity contribution is -0.00669. The van der Waals surface area contributed by atoms with Crippen LogP contribution in [-0.4, -0.2) is 11.2 Å². The third-order valence-corrected chi connectivity index (χ3v) is 3.43. The van der Waals surface area contributed by atoms with E-state index in [9.17, 15) is 5.11 Å². The Morgan fingerprint density at radius 2 is 1.82 bits per heavy atom. The molecule has 1 nitrogen and oxygen atoms in total. The highest BCUT2D eigenvalue weighted by atomic mass is 16.3. The molecule has 66 valence electrons. The number of hydrogen-bond donors (Lipinski definition) is 1. The summed E-state index contributed by atoms with van der Waals surface area (Å²) >= 11 is 0. The van der Waals surface area contributed by atoms with Crippen molar-refractivity contribution in [3.63, 3.8) is 0 Å². The molecule has 11 heavy (non-hydrogen) atoms. The number of aliphatic hydroxyl groups excluding tert-OH is 1. The lowest BCUT2D eigenvalue weighted by Gasteiger charge is -2.42. The molecule has 1 rings (SSSR count). The van der Waals surface area contributed by atoms with Gasteiger partial charge in [0, 0.05) is 0 Å². The standard InChI is InChI=1S/C10H20O/c1-7-6-10(3,4)8(2)5-9(7)11/h7-9,11H,5-6H2,1-4H3/t7?,8-,9-/m1/s1. The van der Waals surface area contributed by atoms with Crippen molar-refractivity contribution >= 4 is 0 Å². The zero-order valence-electron chi connectivity index (χ0n) is 8.09. The van der Waals surface area contributed by atoms with Crippen LogP contribution in [0.2, 0.25) is 0 Å². The second-order valence-electron chi connectivity index (χ2n) is 4.87. The van der Waals surface area contributed by atoms with Crippen LogP contribution in [-0.2, 0) is 0 Å². The van der Waals surface area contributed by atoms with E-state index in [-0.39, 0.29) is 6.10 Å². The zero-order valence-corrected chi connectivity index (χ0v) is 8.09. The first-order chi connectivity index (χ1) is 4.93. The van der Waals surface area contributed by atoms with Gasteiger partial charge in [-0.25, -0.2) is 0 Å². The molecule has 1 heteroatoms. The average molecular weight is 156 g/mol. The quantitative estimate of drug-likeness (QED) is 0.571. The molecule has 3 atom stereocenters. The third kappa shape index (κ3) is 1.76. The Morgan fingerprint density at radius 3 is 2.27 bits per heavy atom. The molecule has 1 unspecified atom stereocenters. The number of hydrogen-bond acceptors (Lipinski definition) is 1. The van der Waals surface area contributed by atoms with E-state index in [0.717, 1.165) is 12.8 Å². The molecule has 1 aliphatic carbocycles. The number of aliphatic hydroxyl groups is 1. The minimum Gasteiger partial charge on any atom is -0.393 e. The molecule has 0 saturated heterocycles. The van der Waals surface area contributed by atoms with Crippen LogP contribution < -0.4 is 0 Å². The highest BCUT2D eigenvalue weighted by Crippen LogP contribution is 2.42. The topological polar surface area (TPSA) is 20.2 Å². The monoisotopic (exact) mass is 156 g/mol. The van der Waals surface area contributed by atoms with Crippen LogP contribution in [0.5, 0.6) is 0 Å². The van der Waals surface area contributed by atoms with Crippen LogP contribution >= 0.6 is 0 Å². The Kier molecular flexibility index (Phi) is 2.29. The van der Waals surface area contributed by atoms with Crippen LogP contribution in [0.4, 0.5) is 0 Å². The Labute approximate surface area is 69.8 Å². The largest absolute Gasteiger partial charge is 0.393 e. The summed E-state index contributed by atoms with van der Waals surface area (Å²) in [5, 5.41) is 9.58. The van der Waals surface area contributed by atoms with Gasteiger partial charge < -0.3 is 5.11 Å². The Hall–Kier alpha value is -0.0400. The van der Waals surface area contributed by atoms with Crippen LogP contribution in [0, 0.1) is 17.3 Å². The summed E-state index contributed by atoms with van der Waals surface area (Å²) < 4.78 is 0. The van der Waals surface area contributed by atoms with Gasteiger partial charge in [0.25, 0.3) is 0 Å². The fourth-order valence-electron chi connectivity index (χ4n) is 2.08. The molecular weight excluding hydrogens is 136 g/mol. The van der Waals surface area contributed by atoms with Gasteiger partial charge in [0.1, 0.15) is 0 Å². The molecule has 0 heterocycles. The van der Waals surface area contributed by atoms with Crippen molar-refractivity contribution in [3.05, 3.63) is 0 Å². The smallest absolute Gasteiger partial charge is 0.0568 e. The summed E-state index contributed by atoms with van der Waals surface area (Å²) in [5.74, 6) is 1.15. The Balaban J connectivity index is 2.63. The lowest BCUT2D eigenvalue weighted by Crippen LogP contribution is -2.37. The van der Waals surface area contributed by atoms with Gasteiger partial charge in [0.2, 0.25) is 0 Å². The minimum absolute atomic E-state index is 0.0574. The van der Waals surface area contributed by atoms with Gasteiger partial charge >= 0.3 is 0 Å². The first kappa shape index (κ1) is 9.05. The SMILES string of the molecule is CC1CC(C)(C)[C@H](C)C[C@H]1O. The molecule has 1 saturated carbocycles. The fraction of sp³-hybridized carbons (Fsp3) is 1.00. The lowest BCUT2D eigenvalue weighted by atomic mass is 9.65. The second-order valence-corrected chi connectivity index (χ2v) is 4.87. The Morgan fingerprint density at radius 1 is 1.27 bits per heavy atom. The van der Waals surface area contributed by atoms with E-state index < -0.39 is 0 Å². The van der Waals surface area contributed by atoms with Crippen molar-refractivity contribution < 1.29 is 5.11 Å². The maximum absolute atomic E-state index is 9.58. The summed E-state index contributed by atoms with van der Waals surface area (Å²) in [5.41, 5.74) is 0.429. The van der Waals surface area contributed by atoms with E-state index in [0.29, 0.717) is 17.3 Å². The van der Waals surface area contributed by atoms with Gasteiger partial charge in [-0.3, -0.25) is 0 Å². The average Bonchev–Trinajstić information content (AvgIpc) is 1.83. The van der Waals surface area contributed by atoms with Gasteiger partial charge in [-0.15, -0.1) is 0 Å². The highest BCUT2D eigenvalue weighted by Gasteiger charge is 2.36. The molecule has 1 fully saturated rings. The molecule has 0 amide bonds. The molecule has 0 aromatic heterocycles. The predicted molar refractivity (Wildman–Crippen MR) is 47.3 cm³/mol.